The van der Waals surface area contributed by atoms with Crippen molar-refractivity contribution in [3.63, 3.8) is 0 Å². The van der Waals surface area contributed by atoms with E-state index in [1.165, 1.54) is 0 Å². The summed E-state index contributed by atoms with van der Waals surface area (Å²) in [6.07, 6.45) is 1.25. The molecule has 1 aromatic carbocycles. The van der Waals surface area contributed by atoms with Crippen molar-refractivity contribution < 1.29 is 9.47 Å². The van der Waals surface area contributed by atoms with Gasteiger partial charge in [-0.15, -0.1) is 0 Å². The molecule has 0 aliphatic carbocycles. The Morgan fingerprint density at radius 2 is 1.82 bits per heavy atom. The van der Waals surface area contributed by atoms with Gasteiger partial charge in [0.15, 0.2) is 11.5 Å². The molecular formula is C14H23NO2. The van der Waals surface area contributed by atoms with E-state index < -0.39 is 0 Å². The van der Waals surface area contributed by atoms with Gasteiger partial charge in [-0.3, -0.25) is 0 Å². The lowest BCUT2D eigenvalue weighted by molar-refractivity contribution is 0.203. The summed E-state index contributed by atoms with van der Waals surface area (Å²) >= 11 is 0. The van der Waals surface area contributed by atoms with Crippen LogP contribution >= 0.6 is 0 Å². The van der Waals surface area contributed by atoms with Crippen molar-refractivity contribution in [2.24, 2.45) is 0 Å². The van der Waals surface area contributed by atoms with E-state index >= 15 is 0 Å². The first kappa shape index (κ1) is 13.8. The normalized spacial score (nSPS) is 14.1. The van der Waals surface area contributed by atoms with Crippen LogP contribution in [0.25, 0.3) is 0 Å². The zero-order valence-corrected chi connectivity index (χ0v) is 11.2. The molecule has 0 spiro atoms. The van der Waals surface area contributed by atoms with Gasteiger partial charge in [-0.25, -0.2) is 0 Å². The minimum Gasteiger partial charge on any atom is -0.493 e. The summed E-state index contributed by atoms with van der Waals surface area (Å²) in [5.74, 6) is 1.58. The molecule has 1 N–H and O–H groups in total. The van der Waals surface area contributed by atoms with Gasteiger partial charge in [0.2, 0.25) is 0 Å². The molecule has 0 radical (unpaired) electrons. The first-order valence-corrected chi connectivity index (χ1v) is 6.20. The van der Waals surface area contributed by atoms with Crippen molar-refractivity contribution in [2.45, 2.75) is 39.3 Å². The number of nitrogens with one attached hydrogen (secondary N) is 1. The third kappa shape index (κ3) is 4.65. The highest BCUT2D eigenvalue weighted by Crippen LogP contribution is 2.26. The van der Waals surface area contributed by atoms with Gasteiger partial charge >= 0.3 is 0 Å². The van der Waals surface area contributed by atoms with Crippen LogP contribution in [-0.4, -0.2) is 25.8 Å². The second kappa shape index (κ2) is 7.17. The highest BCUT2D eigenvalue weighted by atomic mass is 16.5. The number of methoxy groups -OCH3 is 1. The van der Waals surface area contributed by atoms with Crippen LogP contribution in [0.4, 0.5) is 0 Å². The molecular weight excluding hydrogens is 214 g/mol. The Labute approximate surface area is 104 Å². The summed E-state index contributed by atoms with van der Waals surface area (Å²) < 4.78 is 11.1. The summed E-state index contributed by atoms with van der Waals surface area (Å²) in [6.45, 7) is 7.24. The van der Waals surface area contributed by atoms with Gasteiger partial charge in [-0.2, -0.15) is 0 Å². The third-order valence-corrected chi connectivity index (χ3v) is 2.76. The van der Waals surface area contributed by atoms with Crippen molar-refractivity contribution in [1.82, 2.24) is 5.32 Å². The summed E-state index contributed by atoms with van der Waals surface area (Å²) in [7, 11) is 1.66. The molecule has 17 heavy (non-hydrogen) atoms. The van der Waals surface area contributed by atoms with Crippen LogP contribution < -0.4 is 14.8 Å². The number of para-hydroxylation sites is 2. The summed E-state index contributed by atoms with van der Waals surface area (Å²) in [6, 6.07) is 8.25. The van der Waals surface area contributed by atoms with Crippen LogP contribution in [0.3, 0.4) is 0 Å². The fourth-order valence-corrected chi connectivity index (χ4v) is 1.49. The van der Waals surface area contributed by atoms with E-state index in [0.717, 1.165) is 24.5 Å². The standard InChI is InChI=1S/C14H23NO2/c1-5-11(2)15-10-12(3)17-14-9-7-6-8-13(14)16-4/h6-9,11-12,15H,5,10H2,1-4H3/t11-,12+/m0/s1. The minimum absolute atomic E-state index is 0.125. The maximum absolute atomic E-state index is 5.84. The molecule has 1 aromatic rings. The lowest BCUT2D eigenvalue weighted by Gasteiger charge is -2.19. The molecule has 1 rings (SSSR count). The molecule has 96 valence electrons. The summed E-state index contributed by atoms with van der Waals surface area (Å²) in [5, 5.41) is 3.42. The van der Waals surface area contributed by atoms with Crippen molar-refractivity contribution >= 4 is 0 Å². The van der Waals surface area contributed by atoms with E-state index in [0.29, 0.717) is 6.04 Å². The molecule has 0 aliphatic rings. The number of rotatable bonds is 7. The zero-order valence-electron chi connectivity index (χ0n) is 11.2. The van der Waals surface area contributed by atoms with Gasteiger partial charge in [-0.05, 0) is 32.4 Å². The number of ether oxygens (including phenoxy) is 2. The molecule has 0 fully saturated rings. The average molecular weight is 237 g/mol. The Hall–Kier alpha value is -1.22. The Balaban J connectivity index is 2.47. The number of benzene rings is 1. The third-order valence-electron chi connectivity index (χ3n) is 2.76. The van der Waals surface area contributed by atoms with E-state index in [2.05, 4.69) is 26.1 Å². The predicted octanol–water partition coefficient (Wildman–Crippen LogP) is 2.85. The van der Waals surface area contributed by atoms with Crippen molar-refractivity contribution in [2.75, 3.05) is 13.7 Å². The van der Waals surface area contributed by atoms with Gasteiger partial charge in [0.1, 0.15) is 6.10 Å². The van der Waals surface area contributed by atoms with Gasteiger partial charge < -0.3 is 14.8 Å². The molecule has 3 nitrogen and oxygen atoms in total. The zero-order chi connectivity index (χ0) is 12.7. The molecule has 2 atom stereocenters. The van der Waals surface area contributed by atoms with Gasteiger partial charge in [0.05, 0.1) is 7.11 Å². The lowest BCUT2D eigenvalue weighted by Crippen LogP contribution is -2.34. The van der Waals surface area contributed by atoms with Crippen LogP contribution in [0.2, 0.25) is 0 Å². The van der Waals surface area contributed by atoms with E-state index in [1.54, 1.807) is 7.11 Å². The van der Waals surface area contributed by atoms with E-state index in [-0.39, 0.29) is 6.10 Å². The van der Waals surface area contributed by atoms with E-state index in [9.17, 15) is 0 Å². The average Bonchev–Trinajstić information content (AvgIpc) is 2.36. The first-order valence-electron chi connectivity index (χ1n) is 6.20. The number of hydrogen-bond donors (Lipinski definition) is 1. The fourth-order valence-electron chi connectivity index (χ4n) is 1.49. The summed E-state index contributed by atoms with van der Waals surface area (Å²) in [4.78, 5) is 0. The van der Waals surface area contributed by atoms with Gasteiger partial charge in [0.25, 0.3) is 0 Å². The van der Waals surface area contributed by atoms with E-state index in [1.807, 2.05) is 24.3 Å². The maximum Gasteiger partial charge on any atom is 0.161 e. The van der Waals surface area contributed by atoms with Crippen LogP contribution in [0.1, 0.15) is 27.2 Å². The fraction of sp³-hybridized carbons (Fsp3) is 0.571. The van der Waals surface area contributed by atoms with Crippen molar-refractivity contribution in [1.29, 1.82) is 0 Å². The highest BCUT2D eigenvalue weighted by molar-refractivity contribution is 5.39. The van der Waals surface area contributed by atoms with Crippen LogP contribution in [0.5, 0.6) is 11.5 Å². The van der Waals surface area contributed by atoms with Crippen molar-refractivity contribution in [3.05, 3.63) is 24.3 Å². The van der Waals surface area contributed by atoms with Crippen molar-refractivity contribution in [3.8, 4) is 11.5 Å². The quantitative estimate of drug-likeness (QED) is 0.791. The second-order valence-electron chi connectivity index (χ2n) is 4.30. The molecule has 0 aliphatic heterocycles. The smallest absolute Gasteiger partial charge is 0.161 e. The molecule has 0 saturated carbocycles. The molecule has 0 saturated heterocycles. The molecule has 0 aromatic heterocycles. The minimum atomic E-state index is 0.125. The van der Waals surface area contributed by atoms with Gasteiger partial charge in [0, 0.05) is 12.6 Å². The highest BCUT2D eigenvalue weighted by Gasteiger charge is 2.09. The SMILES string of the molecule is CC[C@H](C)NC[C@@H](C)Oc1ccccc1OC. The Morgan fingerprint density at radius 1 is 1.18 bits per heavy atom. The summed E-state index contributed by atoms with van der Waals surface area (Å²) in [5.41, 5.74) is 0. The lowest BCUT2D eigenvalue weighted by atomic mass is 10.2. The molecule has 0 amide bonds. The monoisotopic (exact) mass is 237 g/mol. The molecule has 0 unspecified atom stereocenters. The Bertz CT molecular complexity index is 328. The predicted molar refractivity (Wildman–Crippen MR) is 70.8 cm³/mol. The van der Waals surface area contributed by atoms with Crippen LogP contribution in [0.15, 0.2) is 24.3 Å². The van der Waals surface area contributed by atoms with E-state index in [4.69, 9.17) is 9.47 Å². The van der Waals surface area contributed by atoms with Gasteiger partial charge in [-0.1, -0.05) is 19.1 Å². The van der Waals surface area contributed by atoms with Crippen LogP contribution in [-0.2, 0) is 0 Å². The topological polar surface area (TPSA) is 30.5 Å². The van der Waals surface area contributed by atoms with Crippen LogP contribution in [0, 0.1) is 0 Å². The molecule has 0 heterocycles. The Kier molecular flexibility index (Phi) is 5.84. The molecule has 0 bridgehead atoms. The second-order valence-corrected chi connectivity index (χ2v) is 4.30. The number of hydrogen-bond acceptors (Lipinski definition) is 3. The first-order chi connectivity index (χ1) is 8.17. The Morgan fingerprint density at radius 3 is 2.41 bits per heavy atom. The largest absolute Gasteiger partial charge is 0.493 e. The maximum atomic E-state index is 5.84. The molecule has 3 heteroatoms.